The molecule has 0 radical (unpaired) electrons. The quantitative estimate of drug-likeness (QED) is 0.790. The molecule has 1 rings (SSSR count). The Bertz CT molecular complexity index is 401. The van der Waals surface area contributed by atoms with Gasteiger partial charge in [-0.05, 0) is 38.1 Å². The van der Waals surface area contributed by atoms with E-state index in [9.17, 15) is 9.59 Å². The van der Waals surface area contributed by atoms with Gasteiger partial charge >= 0.3 is 0 Å². The predicted molar refractivity (Wildman–Crippen MR) is 68.6 cm³/mol. The Morgan fingerprint density at radius 2 is 1.67 bits per heavy atom. The number of hydrogen-bond acceptors (Lipinski definition) is 3. The average molecular weight is 250 g/mol. The summed E-state index contributed by atoms with van der Waals surface area (Å²) in [6.45, 7) is 4.86. The Hall–Kier alpha value is -2.04. The van der Waals surface area contributed by atoms with Gasteiger partial charge in [0.1, 0.15) is 5.75 Å². The van der Waals surface area contributed by atoms with E-state index in [4.69, 9.17) is 4.74 Å². The van der Waals surface area contributed by atoms with Crippen LogP contribution in [-0.4, -0.2) is 31.5 Å². The monoisotopic (exact) mass is 250 g/mol. The van der Waals surface area contributed by atoms with E-state index in [1.165, 1.54) is 0 Å². The Morgan fingerprint density at radius 3 is 2.22 bits per heavy atom. The van der Waals surface area contributed by atoms with E-state index in [2.05, 4.69) is 10.6 Å². The number of amides is 2. The molecular weight excluding hydrogens is 232 g/mol. The lowest BCUT2D eigenvalue weighted by atomic mass is 10.2. The highest BCUT2D eigenvalue weighted by molar-refractivity contribution is 5.94. The number of ether oxygens (including phenoxy) is 1. The molecule has 0 spiro atoms. The van der Waals surface area contributed by atoms with Crippen LogP contribution in [0.2, 0.25) is 0 Å². The zero-order valence-corrected chi connectivity index (χ0v) is 10.7. The zero-order valence-electron chi connectivity index (χ0n) is 10.7. The van der Waals surface area contributed by atoms with Gasteiger partial charge < -0.3 is 15.4 Å². The van der Waals surface area contributed by atoms with Crippen molar-refractivity contribution in [2.45, 2.75) is 13.8 Å². The molecule has 0 aliphatic heterocycles. The van der Waals surface area contributed by atoms with Crippen molar-refractivity contribution in [3.63, 3.8) is 0 Å². The third-order valence-corrected chi connectivity index (χ3v) is 2.20. The van der Waals surface area contributed by atoms with Crippen molar-refractivity contribution in [3.8, 4) is 5.75 Å². The molecule has 0 fully saturated rings. The fraction of sp³-hybridized carbons (Fsp3) is 0.385. The second-order valence-electron chi connectivity index (χ2n) is 3.63. The van der Waals surface area contributed by atoms with Crippen LogP contribution >= 0.6 is 0 Å². The normalized spacial score (nSPS) is 9.67. The second-order valence-corrected chi connectivity index (χ2v) is 3.63. The smallest absolute Gasteiger partial charge is 0.257 e. The molecule has 0 unspecified atom stereocenters. The van der Waals surface area contributed by atoms with Gasteiger partial charge in [0.15, 0.2) is 6.61 Å². The van der Waals surface area contributed by atoms with Gasteiger partial charge in [-0.1, -0.05) is 0 Å². The number of benzene rings is 1. The fourth-order valence-corrected chi connectivity index (χ4v) is 1.36. The van der Waals surface area contributed by atoms with Crippen LogP contribution in [-0.2, 0) is 4.79 Å². The summed E-state index contributed by atoms with van der Waals surface area (Å²) in [6.07, 6.45) is 0. The number of carbonyl (C=O) groups is 2. The first-order valence-corrected chi connectivity index (χ1v) is 5.95. The summed E-state index contributed by atoms with van der Waals surface area (Å²) in [6, 6.07) is 6.67. The van der Waals surface area contributed by atoms with Crippen LogP contribution in [0.4, 0.5) is 0 Å². The molecule has 0 saturated heterocycles. The maximum absolute atomic E-state index is 11.5. The second kappa shape index (κ2) is 7.32. The minimum Gasteiger partial charge on any atom is -0.484 e. The maximum atomic E-state index is 11.5. The van der Waals surface area contributed by atoms with Gasteiger partial charge in [0, 0.05) is 18.7 Å². The van der Waals surface area contributed by atoms with Gasteiger partial charge in [0.2, 0.25) is 0 Å². The van der Waals surface area contributed by atoms with E-state index >= 15 is 0 Å². The first-order valence-electron chi connectivity index (χ1n) is 5.95. The van der Waals surface area contributed by atoms with Crippen LogP contribution < -0.4 is 15.4 Å². The van der Waals surface area contributed by atoms with E-state index in [-0.39, 0.29) is 18.4 Å². The summed E-state index contributed by atoms with van der Waals surface area (Å²) in [5.41, 5.74) is 0.571. The standard InChI is InChI=1S/C13H18N2O3/c1-3-14-12(16)9-18-11-7-5-10(6-8-11)13(17)15-4-2/h5-8H,3-4,9H2,1-2H3,(H,14,16)(H,15,17). The van der Waals surface area contributed by atoms with E-state index in [0.717, 1.165) is 0 Å². The molecule has 0 saturated carbocycles. The highest BCUT2D eigenvalue weighted by atomic mass is 16.5. The number of likely N-dealkylation sites (N-methyl/N-ethyl adjacent to an activating group) is 1. The maximum Gasteiger partial charge on any atom is 0.257 e. The van der Waals surface area contributed by atoms with Crippen molar-refractivity contribution in [1.29, 1.82) is 0 Å². The van der Waals surface area contributed by atoms with Crippen molar-refractivity contribution >= 4 is 11.8 Å². The lowest BCUT2D eigenvalue weighted by molar-refractivity contribution is -0.122. The SMILES string of the molecule is CCNC(=O)COc1ccc(C(=O)NCC)cc1. The van der Waals surface area contributed by atoms with Crippen LogP contribution in [0.3, 0.4) is 0 Å². The topological polar surface area (TPSA) is 67.4 Å². The molecule has 0 atom stereocenters. The minimum absolute atomic E-state index is 0.0195. The number of nitrogens with one attached hydrogen (secondary N) is 2. The van der Waals surface area contributed by atoms with Gasteiger partial charge in [-0.3, -0.25) is 9.59 Å². The molecule has 2 amide bonds. The zero-order chi connectivity index (χ0) is 13.4. The minimum atomic E-state index is -0.162. The van der Waals surface area contributed by atoms with Crippen molar-refractivity contribution in [2.75, 3.05) is 19.7 Å². The molecule has 0 aromatic heterocycles. The van der Waals surface area contributed by atoms with E-state index < -0.39 is 0 Å². The molecule has 5 nitrogen and oxygen atoms in total. The fourth-order valence-electron chi connectivity index (χ4n) is 1.36. The molecule has 18 heavy (non-hydrogen) atoms. The molecule has 0 aliphatic carbocycles. The van der Waals surface area contributed by atoms with Crippen molar-refractivity contribution in [1.82, 2.24) is 10.6 Å². The first kappa shape index (κ1) is 14.0. The summed E-state index contributed by atoms with van der Waals surface area (Å²) in [7, 11) is 0. The highest BCUT2D eigenvalue weighted by Gasteiger charge is 2.05. The lowest BCUT2D eigenvalue weighted by Crippen LogP contribution is -2.28. The van der Waals surface area contributed by atoms with Gasteiger partial charge in [-0.15, -0.1) is 0 Å². The van der Waals surface area contributed by atoms with Gasteiger partial charge in [-0.2, -0.15) is 0 Å². The van der Waals surface area contributed by atoms with Crippen molar-refractivity contribution < 1.29 is 14.3 Å². The predicted octanol–water partition coefficient (Wildman–Crippen LogP) is 0.951. The summed E-state index contributed by atoms with van der Waals surface area (Å²) >= 11 is 0. The van der Waals surface area contributed by atoms with Crippen molar-refractivity contribution in [2.24, 2.45) is 0 Å². The van der Waals surface area contributed by atoms with Crippen LogP contribution in [0.1, 0.15) is 24.2 Å². The molecule has 0 bridgehead atoms. The average Bonchev–Trinajstić information content (AvgIpc) is 2.37. The van der Waals surface area contributed by atoms with E-state index in [1.54, 1.807) is 24.3 Å². The van der Waals surface area contributed by atoms with Crippen LogP contribution in [0.5, 0.6) is 5.75 Å². The Morgan fingerprint density at radius 1 is 1.06 bits per heavy atom. The lowest BCUT2D eigenvalue weighted by Gasteiger charge is -2.07. The van der Waals surface area contributed by atoms with E-state index in [0.29, 0.717) is 24.4 Å². The number of hydrogen-bond donors (Lipinski definition) is 2. The Labute approximate surface area is 107 Å². The molecule has 5 heteroatoms. The highest BCUT2D eigenvalue weighted by Crippen LogP contribution is 2.11. The molecule has 98 valence electrons. The molecule has 1 aromatic carbocycles. The Kier molecular flexibility index (Phi) is 5.70. The summed E-state index contributed by atoms with van der Waals surface area (Å²) in [5, 5.41) is 5.34. The first-order chi connectivity index (χ1) is 8.67. The molecule has 0 heterocycles. The molecule has 2 N–H and O–H groups in total. The number of rotatable bonds is 6. The van der Waals surface area contributed by atoms with Gasteiger partial charge in [0.05, 0.1) is 0 Å². The Balaban J connectivity index is 2.50. The molecule has 0 aliphatic rings. The van der Waals surface area contributed by atoms with Crippen LogP contribution in [0, 0.1) is 0 Å². The summed E-state index contributed by atoms with van der Waals surface area (Å²) in [5.74, 6) is 0.285. The number of carbonyl (C=O) groups excluding carboxylic acids is 2. The van der Waals surface area contributed by atoms with E-state index in [1.807, 2.05) is 13.8 Å². The third-order valence-electron chi connectivity index (χ3n) is 2.20. The largest absolute Gasteiger partial charge is 0.484 e. The molecule has 1 aromatic rings. The summed E-state index contributed by atoms with van der Waals surface area (Å²) in [4.78, 5) is 22.7. The van der Waals surface area contributed by atoms with Crippen molar-refractivity contribution in [3.05, 3.63) is 29.8 Å². The summed E-state index contributed by atoms with van der Waals surface area (Å²) < 4.78 is 5.27. The third kappa shape index (κ3) is 4.45. The van der Waals surface area contributed by atoms with Crippen LogP contribution in [0.25, 0.3) is 0 Å². The van der Waals surface area contributed by atoms with Gasteiger partial charge in [-0.25, -0.2) is 0 Å². The van der Waals surface area contributed by atoms with Gasteiger partial charge in [0.25, 0.3) is 11.8 Å². The molecular formula is C13H18N2O3. The van der Waals surface area contributed by atoms with Crippen LogP contribution in [0.15, 0.2) is 24.3 Å².